The molecule has 214 valence electrons. The first-order valence-electron chi connectivity index (χ1n) is 13.8. The second kappa shape index (κ2) is 15.2. The summed E-state index contributed by atoms with van der Waals surface area (Å²) in [6.07, 6.45) is -3.94. The van der Waals surface area contributed by atoms with Crippen LogP contribution in [-0.4, -0.2) is 42.4 Å². The van der Waals surface area contributed by atoms with Crippen molar-refractivity contribution < 1.29 is 28.8 Å². The summed E-state index contributed by atoms with van der Waals surface area (Å²) in [5, 5.41) is 12.1. The molecule has 0 saturated carbocycles. The summed E-state index contributed by atoms with van der Waals surface area (Å²) >= 11 is 6.04. The Balaban J connectivity index is 1.34. The summed E-state index contributed by atoms with van der Waals surface area (Å²) in [5.74, 6) is 0. The van der Waals surface area contributed by atoms with Crippen LogP contribution in [0.15, 0.2) is 115 Å². The van der Waals surface area contributed by atoms with Gasteiger partial charge in [-0.1, -0.05) is 115 Å². The third-order valence-electron chi connectivity index (χ3n) is 6.91. The molecule has 6 nitrogen and oxygen atoms in total. The van der Waals surface area contributed by atoms with E-state index in [-0.39, 0.29) is 13.2 Å². The lowest BCUT2D eigenvalue weighted by Crippen LogP contribution is -2.61. The van der Waals surface area contributed by atoms with Gasteiger partial charge in [-0.25, -0.2) is 0 Å². The lowest BCUT2D eigenvalue weighted by molar-refractivity contribution is -0.321. The summed E-state index contributed by atoms with van der Waals surface area (Å²) in [5.41, 5.74) is 3.96. The molecule has 5 atom stereocenters. The normalized spacial score (nSPS) is 22.4. The van der Waals surface area contributed by atoms with Crippen molar-refractivity contribution in [2.24, 2.45) is 0 Å². The predicted molar refractivity (Wildman–Crippen MR) is 157 cm³/mol. The third-order valence-corrected chi connectivity index (χ3v) is 7.16. The van der Waals surface area contributed by atoms with Crippen molar-refractivity contribution in [1.82, 2.24) is 0 Å². The summed E-state index contributed by atoms with van der Waals surface area (Å²) in [7, 11) is 0. The second-order valence-electron chi connectivity index (χ2n) is 9.99. The second-order valence-corrected chi connectivity index (χ2v) is 10.4. The van der Waals surface area contributed by atoms with Crippen molar-refractivity contribution in [2.75, 3.05) is 6.61 Å². The molecule has 0 radical (unpaired) electrons. The summed E-state index contributed by atoms with van der Waals surface area (Å²) in [6.45, 7) is 1.51. The maximum atomic E-state index is 11.5. The average Bonchev–Trinajstić information content (AvgIpc) is 3.02. The molecule has 0 spiro atoms. The van der Waals surface area contributed by atoms with Crippen LogP contribution in [0.5, 0.6) is 0 Å². The van der Waals surface area contributed by atoms with Crippen LogP contribution >= 0.6 is 11.6 Å². The van der Waals surface area contributed by atoms with Crippen LogP contribution < -0.4 is 0 Å². The van der Waals surface area contributed by atoms with Crippen LogP contribution in [0.25, 0.3) is 0 Å². The van der Waals surface area contributed by atoms with Gasteiger partial charge in [-0.3, -0.25) is 0 Å². The fourth-order valence-electron chi connectivity index (χ4n) is 4.72. The molecule has 1 aliphatic heterocycles. The molecule has 4 aromatic carbocycles. The molecular formula is C34H35ClO6. The van der Waals surface area contributed by atoms with E-state index in [1.807, 2.05) is 103 Å². The van der Waals surface area contributed by atoms with E-state index < -0.39 is 30.7 Å². The van der Waals surface area contributed by atoms with Gasteiger partial charge in [-0.2, -0.15) is 0 Å². The Bertz CT molecular complexity index is 1290. The zero-order valence-electron chi connectivity index (χ0n) is 22.8. The van der Waals surface area contributed by atoms with Gasteiger partial charge in [0.2, 0.25) is 0 Å². The SMILES string of the molecule is O[C@H]1[C@@H](OCc2ccc(Cl)cc2)O[C@H](COCc2ccccc2)[C@@H](OCc2ccccc2)[C@@H]1OCc1ccccc1. The standard InChI is InChI=1S/C34H35ClO6/c35-29-18-16-28(17-19-29)23-40-34-31(36)33(39-22-27-14-8-3-9-15-27)32(38-21-26-12-6-2-7-13-26)30(41-34)24-37-20-25-10-4-1-5-11-25/h1-19,30-34,36H,20-24H2/t30-,31-,32-,33-,34+/m1/s1. The molecule has 1 heterocycles. The van der Waals surface area contributed by atoms with E-state index in [1.54, 1.807) is 12.1 Å². The van der Waals surface area contributed by atoms with Crippen molar-refractivity contribution in [3.05, 3.63) is 143 Å². The minimum atomic E-state index is -1.10. The molecule has 4 aromatic rings. The van der Waals surface area contributed by atoms with E-state index in [1.165, 1.54) is 0 Å². The Labute approximate surface area is 246 Å². The lowest BCUT2D eigenvalue weighted by Gasteiger charge is -2.44. The van der Waals surface area contributed by atoms with Crippen LogP contribution in [0, 0.1) is 0 Å². The van der Waals surface area contributed by atoms with Gasteiger partial charge in [-0.15, -0.1) is 0 Å². The highest BCUT2D eigenvalue weighted by molar-refractivity contribution is 6.30. The van der Waals surface area contributed by atoms with E-state index in [4.69, 9.17) is 35.3 Å². The van der Waals surface area contributed by atoms with Crippen LogP contribution in [0.1, 0.15) is 22.3 Å². The number of benzene rings is 4. The Hall–Kier alpha value is -3.07. The molecule has 41 heavy (non-hydrogen) atoms. The fourth-order valence-corrected chi connectivity index (χ4v) is 4.84. The number of hydrogen-bond donors (Lipinski definition) is 1. The summed E-state index contributed by atoms with van der Waals surface area (Å²) in [4.78, 5) is 0. The number of aliphatic hydroxyl groups excluding tert-OH is 1. The van der Waals surface area contributed by atoms with Gasteiger partial charge in [0.1, 0.15) is 24.4 Å². The minimum Gasteiger partial charge on any atom is -0.385 e. The molecule has 7 heteroatoms. The van der Waals surface area contributed by atoms with Crippen molar-refractivity contribution in [3.63, 3.8) is 0 Å². The van der Waals surface area contributed by atoms with Crippen molar-refractivity contribution in [1.29, 1.82) is 0 Å². The molecular weight excluding hydrogens is 540 g/mol. The van der Waals surface area contributed by atoms with Crippen molar-refractivity contribution in [2.45, 2.75) is 57.1 Å². The predicted octanol–water partition coefficient (Wildman–Crippen LogP) is 6.33. The van der Waals surface area contributed by atoms with E-state index in [0.717, 1.165) is 22.3 Å². The van der Waals surface area contributed by atoms with Gasteiger partial charge in [0.15, 0.2) is 6.29 Å². The van der Waals surface area contributed by atoms with Gasteiger partial charge in [0.05, 0.1) is 33.0 Å². The Morgan fingerprint density at radius 1 is 0.561 bits per heavy atom. The van der Waals surface area contributed by atoms with Crippen LogP contribution in [0.3, 0.4) is 0 Å². The first kappa shape index (κ1) is 29.4. The average molecular weight is 575 g/mol. The summed E-state index contributed by atoms with van der Waals surface area (Å²) in [6, 6.07) is 37.1. The topological polar surface area (TPSA) is 66.4 Å². The first-order valence-corrected chi connectivity index (χ1v) is 14.2. The lowest BCUT2D eigenvalue weighted by atomic mass is 9.98. The number of aliphatic hydroxyl groups is 1. The molecule has 5 rings (SSSR count). The van der Waals surface area contributed by atoms with Gasteiger partial charge >= 0.3 is 0 Å². The molecule has 1 saturated heterocycles. The van der Waals surface area contributed by atoms with E-state index >= 15 is 0 Å². The Kier molecular flexibility index (Phi) is 10.9. The molecule has 0 aromatic heterocycles. The Morgan fingerprint density at radius 3 is 1.59 bits per heavy atom. The molecule has 1 fully saturated rings. The smallest absolute Gasteiger partial charge is 0.187 e. The molecule has 1 N–H and O–H groups in total. The monoisotopic (exact) mass is 574 g/mol. The molecule has 0 bridgehead atoms. The first-order chi connectivity index (χ1) is 20.2. The number of hydrogen-bond acceptors (Lipinski definition) is 6. The van der Waals surface area contributed by atoms with Gasteiger partial charge in [-0.05, 0) is 34.4 Å². The van der Waals surface area contributed by atoms with Crippen molar-refractivity contribution >= 4 is 11.6 Å². The maximum absolute atomic E-state index is 11.5. The quantitative estimate of drug-likeness (QED) is 0.201. The van der Waals surface area contributed by atoms with Crippen LogP contribution in [0.2, 0.25) is 5.02 Å². The Morgan fingerprint density at radius 2 is 1.02 bits per heavy atom. The summed E-state index contributed by atoms with van der Waals surface area (Å²) < 4.78 is 31.3. The fraction of sp³-hybridized carbons (Fsp3) is 0.294. The highest BCUT2D eigenvalue weighted by Gasteiger charge is 2.47. The highest BCUT2D eigenvalue weighted by atomic mass is 35.5. The van der Waals surface area contributed by atoms with Crippen molar-refractivity contribution in [3.8, 4) is 0 Å². The number of halogens is 1. The largest absolute Gasteiger partial charge is 0.385 e. The van der Waals surface area contributed by atoms with E-state index in [0.29, 0.717) is 24.8 Å². The van der Waals surface area contributed by atoms with Gasteiger partial charge in [0.25, 0.3) is 0 Å². The molecule has 0 aliphatic carbocycles. The molecule has 0 amide bonds. The molecule has 0 unspecified atom stereocenters. The maximum Gasteiger partial charge on any atom is 0.187 e. The van der Waals surface area contributed by atoms with Gasteiger partial charge < -0.3 is 28.8 Å². The van der Waals surface area contributed by atoms with Crippen LogP contribution in [-0.2, 0) is 50.1 Å². The van der Waals surface area contributed by atoms with Gasteiger partial charge in [0, 0.05) is 5.02 Å². The van der Waals surface area contributed by atoms with E-state index in [2.05, 4.69) is 0 Å². The zero-order chi connectivity index (χ0) is 28.3. The third kappa shape index (κ3) is 8.71. The number of rotatable bonds is 13. The minimum absolute atomic E-state index is 0.229. The number of ether oxygens (including phenoxy) is 5. The molecule has 1 aliphatic rings. The zero-order valence-corrected chi connectivity index (χ0v) is 23.5. The van der Waals surface area contributed by atoms with E-state index in [9.17, 15) is 5.11 Å². The highest BCUT2D eigenvalue weighted by Crippen LogP contribution is 2.29. The van der Waals surface area contributed by atoms with Crippen LogP contribution in [0.4, 0.5) is 0 Å².